The third-order valence-corrected chi connectivity index (χ3v) is 4.06. The van der Waals surface area contributed by atoms with Gasteiger partial charge in [-0.2, -0.15) is 0 Å². The summed E-state index contributed by atoms with van der Waals surface area (Å²) in [6, 6.07) is 0. The highest BCUT2D eigenvalue weighted by molar-refractivity contribution is 7.12. The summed E-state index contributed by atoms with van der Waals surface area (Å²) in [6.07, 6.45) is 2.33. The number of thiazole rings is 1. The number of rotatable bonds is 3. The van der Waals surface area contributed by atoms with Gasteiger partial charge >= 0.3 is 5.97 Å². The molecule has 1 aliphatic heterocycles. The molecule has 1 aliphatic rings. The summed E-state index contributed by atoms with van der Waals surface area (Å²) < 4.78 is 5.00. The largest absolute Gasteiger partial charge is 0.461 e. The van der Waals surface area contributed by atoms with Crippen molar-refractivity contribution in [3.63, 3.8) is 0 Å². The topological polar surface area (TPSA) is 51.2 Å². The predicted octanol–water partition coefficient (Wildman–Crippen LogP) is 2.10. The first-order valence-electron chi connectivity index (χ1n) is 6.07. The maximum atomic E-state index is 11.7. The van der Waals surface area contributed by atoms with Crippen molar-refractivity contribution in [2.75, 3.05) is 19.7 Å². The molecule has 0 aliphatic carbocycles. The Morgan fingerprint density at radius 3 is 3.12 bits per heavy atom. The van der Waals surface area contributed by atoms with E-state index in [4.69, 9.17) is 4.74 Å². The number of aryl methyl sites for hydroxylation is 1. The van der Waals surface area contributed by atoms with Crippen LogP contribution >= 0.6 is 11.3 Å². The summed E-state index contributed by atoms with van der Waals surface area (Å²) in [5, 5.41) is 4.43. The fourth-order valence-electron chi connectivity index (χ4n) is 2.04. The first kappa shape index (κ1) is 12.5. The predicted molar refractivity (Wildman–Crippen MR) is 67.7 cm³/mol. The SMILES string of the molecule is CCOC(=O)c1nc(C2CCCNC2)sc1C. The van der Waals surface area contributed by atoms with Crippen LogP contribution in [0.25, 0.3) is 0 Å². The van der Waals surface area contributed by atoms with E-state index in [9.17, 15) is 4.79 Å². The van der Waals surface area contributed by atoms with Gasteiger partial charge in [0.2, 0.25) is 0 Å². The quantitative estimate of drug-likeness (QED) is 0.839. The van der Waals surface area contributed by atoms with Crippen molar-refractivity contribution < 1.29 is 9.53 Å². The van der Waals surface area contributed by atoms with Crippen molar-refractivity contribution in [3.05, 3.63) is 15.6 Å². The number of hydrogen-bond acceptors (Lipinski definition) is 5. The zero-order valence-electron chi connectivity index (χ0n) is 10.3. The number of nitrogens with zero attached hydrogens (tertiary/aromatic N) is 1. The van der Waals surface area contributed by atoms with Crippen LogP contribution in [-0.4, -0.2) is 30.6 Å². The second-order valence-electron chi connectivity index (χ2n) is 4.22. The summed E-state index contributed by atoms with van der Waals surface area (Å²) >= 11 is 1.62. The molecule has 0 spiro atoms. The first-order chi connectivity index (χ1) is 8.22. The number of nitrogens with one attached hydrogen (secondary N) is 1. The molecule has 1 N–H and O–H groups in total. The van der Waals surface area contributed by atoms with Gasteiger partial charge in [-0.25, -0.2) is 9.78 Å². The van der Waals surface area contributed by atoms with Crippen molar-refractivity contribution in [3.8, 4) is 0 Å². The van der Waals surface area contributed by atoms with Gasteiger partial charge < -0.3 is 10.1 Å². The molecule has 1 aromatic rings. The van der Waals surface area contributed by atoms with Crippen LogP contribution in [0, 0.1) is 6.92 Å². The second-order valence-corrected chi connectivity index (χ2v) is 5.46. The van der Waals surface area contributed by atoms with Gasteiger partial charge in [-0.3, -0.25) is 0 Å². The lowest BCUT2D eigenvalue weighted by Crippen LogP contribution is -2.28. The number of hydrogen-bond donors (Lipinski definition) is 1. The highest BCUT2D eigenvalue weighted by atomic mass is 32.1. The van der Waals surface area contributed by atoms with Gasteiger partial charge in [0.15, 0.2) is 5.69 Å². The molecule has 94 valence electrons. The summed E-state index contributed by atoms with van der Waals surface area (Å²) in [5.41, 5.74) is 0.498. The van der Waals surface area contributed by atoms with Crippen LogP contribution in [0.15, 0.2) is 0 Å². The molecule has 0 radical (unpaired) electrons. The lowest BCUT2D eigenvalue weighted by molar-refractivity contribution is 0.0519. The molecular weight excluding hydrogens is 236 g/mol. The summed E-state index contributed by atoms with van der Waals surface area (Å²) in [4.78, 5) is 17.1. The highest BCUT2D eigenvalue weighted by Crippen LogP contribution is 2.29. The Hall–Kier alpha value is -0.940. The van der Waals surface area contributed by atoms with E-state index >= 15 is 0 Å². The van der Waals surface area contributed by atoms with Crippen LogP contribution in [0.2, 0.25) is 0 Å². The van der Waals surface area contributed by atoms with Gasteiger partial charge in [-0.15, -0.1) is 11.3 Å². The van der Waals surface area contributed by atoms with Gasteiger partial charge in [0.25, 0.3) is 0 Å². The van der Waals surface area contributed by atoms with Gasteiger partial charge in [-0.05, 0) is 33.2 Å². The number of carbonyl (C=O) groups excluding carboxylic acids is 1. The first-order valence-corrected chi connectivity index (χ1v) is 6.89. The molecule has 1 atom stereocenters. The third kappa shape index (κ3) is 2.84. The third-order valence-electron chi connectivity index (χ3n) is 2.93. The minimum atomic E-state index is -0.295. The van der Waals surface area contributed by atoms with Crippen LogP contribution in [0.4, 0.5) is 0 Å². The van der Waals surface area contributed by atoms with E-state index in [0.29, 0.717) is 18.2 Å². The lowest BCUT2D eigenvalue weighted by Gasteiger charge is -2.20. The van der Waals surface area contributed by atoms with E-state index in [1.54, 1.807) is 11.3 Å². The fraction of sp³-hybridized carbons (Fsp3) is 0.667. The molecule has 0 aromatic carbocycles. The van der Waals surface area contributed by atoms with E-state index in [2.05, 4.69) is 10.3 Å². The lowest BCUT2D eigenvalue weighted by atomic mass is 10.0. The monoisotopic (exact) mass is 254 g/mol. The Bertz CT molecular complexity index is 397. The maximum absolute atomic E-state index is 11.7. The van der Waals surface area contributed by atoms with E-state index in [1.807, 2.05) is 13.8 Å². The van der Waals surface area contributed by atoms with Crippen molar-refractivity contribution in [1.29, 1.82) is 0 Å². The summed E-state index contributed by atoms with van der Waals surface area (Å²) in [7, 11) is 0. The minimum Gasteiger partial charge on any atom is -0.461 e. The van der Waals surface area contributed by atoms with Crippen LogP contribution in [0.5, 0.6) is 0 Å². The number of piperidine rings is 1. The summed E-state index contributed by atoms with van der Waals surface area (Å²) in [5.74, 6) is 0.159. The van der Waals surface area contributed by atoms with Gasteiger partial charge in [0.05, 0.1) is 11.6 Å². The molecule has 5 heteroatoms. The molecule has 4 nitrogen and oxygen atoms in total. The molecular formula is C12H18N2O2S. The normalized spacial score (nSPS) is 20.2. The molecule has 0 amide bonds. The summed E-state index contributed by atoms with van der Waals surface area (Å²) in [6.45, 7) is 6.20. The van der Waals surface area contributed by atoms with Gasteiger partial charge in [0, 0.05) is 17.3 Å². The Kier molecular flexibility index (Phi) is 4.12. The van der Waals surface area contributed by atoms with E-state index in [0.717, 1.165) is 29.4 Å². The number of carbonyl (C=O) groups is 1. The van der Waals surface area contributed by atoms with Crippen molar-refractivity contribution in [2.45, 2.75) is 32.6 Å². The van der Waals surface area contributed by atoms with Crippen molar-refractivity contribution >= 4 is 17.3 Å². The highest BCUT2D eigenvalue weighted by Gasteiger charge is 2.23. The molecule has 2 heterocycles. The van der Waals surface area contributed by atoms with Crippen molar-refractivity contribution in [1.82, 2.24) is 10.3 Å². The Morgan fingerprint density at radius 2 is 2.47 bits per heavy atom. The number of aromatic nitrogens is 1. The molecule has 1 fully saturated rings. The average Bonchev–Trinajstić information content (AvgIpc) is 2.73. The Labute approximate surface area is 105 Å². The molecule has 2 rings (SSSR count). The standard InChI is InChI=1S/C12H18N2O2S/c1-3-16-12(15)10-8(2)17-11(14-10)9-5-4-6-13-7-9/h9,13H,3-7H2,1-2H3. The fourth-order valence-corrected chi connectivity index (χ4v) is 3.09. The minimum absolute atomic E-state index is 0.295. The van der Waals surface area contributed by atoms with Gasteiger partial charge in [0.1, 0.15) is 0 Å². The van der Waals surface area contributed by atoms with Crippen LogP contribution in [0.3, 0.4) is 0 Å². The average molecular weight is 254 g/mol. The van der Waals surface area contributed by atoms with Crippen LogP contribution in [0.1, 0.15) is 46.1 Å². The zero-order valence-corrected chi connectivity index (χ0v) is 11.1. The maximum Gasteiger partial charge on any atom is 0.358 e. The Morgan fingerprint density at radius 1 is 1.65 bits per heavy atom. The number of esters is 1. The molecule has 1 aromatic heterocycles. The van der Waals surface area contributed by atoms with E-state index in [1.165, 1.54) is 6.42 Å². The van der Waals surface area contributed by atoms with E-state index in [-0.39, 0.29) is 5.97 Å². The van der Waals surface area contributed by atoms with E-state index < -0.39 is 0 Å². The van der Waals surface area contributed by atoms with Crippen LogP contribution in [-0.2, 0) is 4.74 Å². The molecule has 0 bridgehead atoms. The molecule has 1 saturated heterocycles. The zero-order chi connectivity index (χ0) is 12.3. The van der Waals surface area contributed by atoms with Crippen molar-refractivity contribution in [2.24, 2.45) is 0 Å². The van der Waals surface area contributed by atoms with Gasteiger partial charge in [-0.1, -0.05) is 0 Å². The molecule has 0 saturated carbocycles. The Balaban J connectivity index is 2.14. The number of ether oxygens (including phenoxy) is 1. The smallest absolute Gasteiger partial charge is 0.358 e. The molecule has 1 unspecified atom stereocenters. The van der Waals surface area contributed by atoms with Crippen LogP contribution < -0.4 is 5.32 Å². The second kappa shape index (κ2) is 5.60. The molecule has 17 heavy (non-hydrogen) atoms.